The van der Waals surface area contributed by atoms with Gasteiger partial charge < -0.3 is 10.2 Å². The number of hydrogen-bond donors (Lipinski definition) is 2. The number of rotatable bonds is 6. The molecular formula is C28H41N3O3S. The largest absolute Gasteiger partial charge is 0.396 e. The first kappa shape index (κ1) is 30.6. The van der Waals surface area contributed by atoms with Gasteiger partial charge in [-0.1, -0.05) is 39.8 Å². The number of ketones is 1. The highest BCUT2D eigenvalue weighted by Crippen LogP contribution is 2.51. The quantitative estimate of drug-likeness (QED) is 0.378. The number of nitrogens with zero attached hydrogens (tertiary/aromatic N) is 3. The van der Waals surface area contributed by atoms with Crippen molar-refractivity contribution >= 4 is 17.1 Å². The van der Waals surface area contributed by atoms with Gasteiger partial charge in [-0.15, -0.1) is 11.3 Å². The van der Waals surface area contributed by atoms with E-state index in [-0.39, 0.29) is 12.4 Å². The van der Waals surface area contributed by atoms with Gasteiger partial charge in [-0.2, -0.15) is 0 Å². The van der Waals surface area contributed by atoms with E-state index in [0.29, 0.717) is 17.7 Å². The first-order chi connectivity index (χ1) is 16.8. The summed E-state index contributed by atoms with van der Waals surface area (Å²) in [7, 11) is 0. The van der Waals surface area contributed by atoms with E-state index in [9.17, 15) is 4.79 Å². The molecule has 1 aliphatic rings. The summed E-state index contributed by atoms with van der Waals surface area (Å²) >= 11 is 1.48. The van der Waals surface area contributed by atoms with Crippen LogP contribution in [0.2, 0.25) is 0 Å². The van der Waals surface area contributed by atoms with E-state index in [0.717, 1.165) is 28.4 Å². The fraction of sp³-hybridized carbons (Fsp3) is 0.500. The summed E-state index contributed by atoms with van der Waals surface area (Å²) in [5.41, 5.74) is 5.59. The van der Waals surface area contributed by atoms with E-state index >= 15 is 0 Å². The van der Waals surface area contributed by atoms with Gasteiger partial charge in [-0.05, 0) is 69.1 Å². The summed E-state index contributed by atoms with van der Waals surface area (Å²) < 4.78 is 0. The van der Waals surface area contributed by atoms with Gasteiger partial charge in [0.2, 0.25) is 0 Å². The van der Waals surface area contributed by atoms with E-state index in [1.165, 1.54) is 41.7 Å². The van der Waals surface area contributed by atoms with Crippen LogP contribution in [0, 0.1) is 13.8 Å². The lowest BCUT2D eigenvalue weighted by Crippen LogP contribution is -2.07. The fourth-order valence-corrected chi connectivity index (χ4v) is 4.24. The maximum Gasteiger partial charge on any atom is 0.159 e. The van der Waals surface area contributed by atoms with Crippen LogP contribution in [0.25, 0.3) is 10.6 Å². The Morgan fingerprint density at radius 3 is 2.09 bits per heavy atom. The number of carbonyl (C=O) groups excluding carboxylic acids is 1. The molecule has 2 heterocycles. The summed E-state index contributed by atoms with van der Waals surface area (Å²) in [6.45, 7) is 14.1. The van der Waals surface area contributed by atoms with Crippen molar-refractivity contribution in [3.63, 3.8) is 0 Å². The number of aliphatic hydroxyl groups is 2. The second kappa shape index (κ2) is 15.5. The Balaban J connectivity index is 0.000000287. The molecule has 192 valence electrons. The molecule has 1 fully saturated rings. The Labute approximate surface area is 214 Å². The number of aliphatic hydroxyl groups excluding tert-OH is 2. The van der Waals surface area contributed by atoms with Crippen LogP contribution in [-0.4, -0.2) is 37.6 Å². The van der Waals surface area contributed by atoms with E-state index in [1.807, 2.05) is 45.2 Å². The molecule has 3 aromatic rings. The Morgan fingerprint density at radius 1 is 1.09 bits per heavy atom. The average molecular weight is 500 g/mol. The molecule has 6 nitrogen and oxygen atoms in total. The molecule has 0 radical (unpaired) electrons. The van der Waals surface area contributed by atoms with Crippen molar-refractivity contribution in [2.45, 2.75) is 86.2 Å². The average Bonchev–Trinajstić information content (AvgIpc) is 3.53. The van der Waals surface area contributed by atoms with Crippen molar-refractivity contribution in [2.75, 3.05) is 6.61 Å². The summed E-state index contributed by atoms with van der Waals surface area (Å²) in [6.07, 6.45) is 8.19. The molecule has 0 unspecified atom stereocenters. The highest BCUT2D eigenvalue weighted by atomic mass is 32.1. The second-order valence-electron chi connectivity index (χ2n) is 8.26. The molecule has 1 saturated carbocycles. The van der Waals surface area contributed by atoms with Gasteiger partial charge in [0.1, 0.15) is 10.8 Å². The molecule has 0 saturated heterocycles. The number of aryl methyl sites for hydroxylation is 2. The van der Waals surface area contributed by atoms with E-state index in [1.54, 1.807) is 19.3 Å². The predicted molar refractivity (Wildman–Crippen MR) is 145 cm³/mol. The third kappa shape index (κ3) is 9.24. The number of thiazole rings is 1. The maximum atomic E-state index is 11.2. The minimum absolute atomic E-state index is 0.0246. The molecule has 0 aliphatic heterocycles. The van der Waals surface area contributed by atoms with Crippen LogP contribution >= 0.6 is 11.3 Å². The Kier molecular flexibility index (Phi) is 13.5. The van der Waals surface area contributed by atoms with Crippen molar-refractivity contribution in [1.29, 1.82) is 0 Å². The number of hydrogen-bond acceptors (Lipinski definition) is 7. The number of Topliss-reactive ketones (excluding diaryl/α,β-unsaturated/α-hetero) is 1. The Morgan fingerprint density at radius 2 is 1.69 bits per heavy atom. The first-order valence-corrected chi connectivity index (χ1v) is 13.2. The van der Waals surface area contributed by atoms with Crippen molar-refractivity contribution in [3.05, 3.63) is 64.2 Å². The third-order valence-corrected chi connectivity index (χ3v) is 6.64. The van der Waals surface area contributed by atoms with Crippen LogP contribution in [0.1, 0.15) is 93.3 Å². The van der Waals surface area contributed by atoms with Crippen LogP contribution in [0.5, 0.6) is 0 Å². The van der Waals surface area contributed by atoms with Crippen molar-refractivity contribution < 1.29 is 15.0 Å². The molecule has 1 aromatic carbocycles. The number of carbonyl (C=O) groups is 1. The molecule has 2 N–H and O–H groups in total. The molecule has 35 heavy (non-hydrogen) atoms. The van der Waals surface area contributed by atoms with Crippen molar-refractivity contribution in [2.24, 2.45) is 0 Å². The first-order valence-electron chi connectivity index (χ1n) is 12.4. The van der Waals surface area contributed by atoms with Gasteiger partial charge >= 0.3 is 0 Å². The lowest BCUT2D eigenvalue weighted by atomic mass is 9.88. The normalized spacial score (nSPS) is 12.7. The molecule has 2 aromatic heterocycles. The van der Waals surface area contributed by atoms with Gasteiger partial charge in [-0.3, -0.25) is 4.79 Å². The van der Waals surface area contributed by atoms with Crippen LogP contribution in [0.15, 0.2) is 36.0 Å². The van der Waals surface area contributed by atoms with Crippen molar-refractivity contribution in [3.8, 4) is 10.6 Å². The highest BCUT2D eigenvalue weighted by Gasteiger charge is 2.43. The van der Waals surface area contributed by atoms with E-state index < -0.39 is 0 Å². The smallest absolute Gasteiger partial charge is 0.159 e. The molecule has 0 atom stereocenters. The Bertz CT molecular complexity index is 1030. The standard InChI is InChI=1S/C14H18O.C9H9N3OS.C3H8O.C2H6/c1-4-14(7-8-14)13-6-5-12(11(3)15)9-10(13)2;1-6-10-2-7(3-11-6)9-12-8(4-13)5-14-9;1-2-3-4;1-2/h5-6,9H,4,7-8H2,1-3H3;2-3,5,13H,4H2,1H3;4H,2-3H2,1H3;1-2H3. The molecule has 4 rings (SSSR count). The number of aromatic nitrogens is 3. The zero-order valence-electron chi connectivity index (χ0n) is 22.3. The maximum absolute atomic E-state index is 11.2. The molecule has 0 spiro atoms. The summed E-state index contributed by atoms with van der Waals surface area (Å²) in [6, 6.07) is 6.16. The SMILES string of the molecule is CC.CCC1(c2ccc(C(C)=O)cc2C)CC1.CCCO.Cc1ncc(-c2nc(CO)cs2)cn1. The van der Waals surface area contributed by atoms with Crippen LogP contribution in [0.4, 0.5) is 0 Å². The summed E-state index contributed by atoms with van der Waals surface area (Å²) in [4.78, 5) is 23.6. The second-order valence-corrected chi connectivity index (χ2v) is 9.12. The highest BCUT2D eigenvalue weighted by molar-refractivity contribution is 7.13. The zero-order valence-corrected chi connectivity index (χ0v) is 23.1. The van der Waals surface area contributed by atoms with E-state index in [2.05, 4.69) is 34.9 Å². The molecule has 0 amide bonds. The van der Waals surface area contributed by atoms with Crippen LogP contribution < -0.4 is 0 Å². The van der Waals surface area contributed by atoms with Gasteiger partial charge in [-0.25, -0.2) is 15.0 Å². The van der Waals surface area contributed by atoms with Crippen molar-refractivity contribution in [1.82, 2.24) is 15.0 Å². The lowest BCUT2D eigenvalue weighted by Gasteiger charge is -2.16. The van der Waals surface area contributed by atoms with Gasteiger partial charge in [0.25, 0.3) is 0 Å². The molecule has 7 heteroatoms. The number of benzene rings is 1. The fourth-order valence-electron chi connectivity index (χ4n) is 3.46. The lowest BCUT2D eigenvalue weighted by molar-refractivity contribution is 0.101. The predicted octanol–water partition coefficient (Wildman–Crippen LogP) is 6.45. The monoisotopic (exact) mass is 499 g/mol. The van der Waals surface area contributed by atoms with Gasteiger partial charge in [0.15, 0.2) is 5.78 Å². The van der Waals surface area contributed by atoms with Crippen LogP contribution in [0.3, 0.4) is 0 Å². The van der Waals surface area contributed by atoms with Gasteiger partial charge in [0.05, 0.1) is 12.3 Å². The topological polar surface area (TPSA) is 96.2 Å². The zero-order chi connectivity index (χ0) is 26.4. The summed E-state index contributed by atoms with van der Waals surface area (Å²) in [5, 5.41) is 19.4. The molecular weight excluding hydrogens is 458 g/mol. The summed E-state index contributed by atoms with van der Waals surface area (Å²) in [5.74, 6) is 0.902. The Hall–Kier alpha value is -2.48. The minimum Gasteiger partial charge on any atom is -0.396 e. The molecule has 1 aliphatic carbocycles. The van der Waals surface area contributed by atoms with Crippen LogP contribution in [-0.2, 0) is 12.0 Å². The third-order valence-electron chi connectivity index (χ3n) is 5.70. The van der Waals surface area contributed by atoms with Gasteiger partial charge in [0, 0.05) is 35.5 Å². The minimum atomic E-state index is -0.0246. The molecule has 0 bridgehead atoms. The van der Waals surface area contributed by atoms with E-state index in [4.69, 9.17) is 10.2 Å².